The monoisotopic (exact) mass is 486 g/mol. The van der Waals surface area contributed by atoms with Crippen LogP contribution in [0.15, 0.2) is 41.3 Å². The molecule has 0 amide bonds. The van der Waals surface area contributed by atoms with Gasteiger partial charge in [0.25, 0.3) is 5.56 Å². The number of alkyl halides is 2. The Morgan fingerprint density at radius 3 is 2.48 bits per heavy atom. The molecule has 10 heteroatoms. The molecule has 1 aromatic heterocycles. The van der Waals surface area contributed by atoms with Gasteiger partial charge in [-0.25, -0.2) is 17.5 Å². The van der Waals surface area contributed by atoms with Gasteiger partial charge in [-0.05, 0) is 67.9 Å². The second kappa shape index (κ2) is 10.8. The summed E-state index contributed by atoms with van der Waals surface area (Å²) in [5.74, 6) is -0.754. The fraction of sp³-hybridized carbons (Fsp3) is 0.522. The number of ether oxygens (including phenoxy) is 1. The van der Waals surface area contributed by atoms with Crippen molar-refractivity contribution in [1.29, 1.82) is 0 Å². The molecule has 6 nitrogen and oxygen atoms in total. The second-order valence-electron chi connectivity index (χ2n) is 8.64. The van der Waals surface area contributed by atoms with Crippen molar-refractivity contribution in [2.45, 2.75) is 57.1 Å². The average molecular weight is 487 g/mol. The van der Waals surface area contributed by atoms with Crippen LogP contribution in [0.2, 0.25) is 0 Å². The molecule has 33 heavy (non-hydrogen) atoms. The lowest BCUT2D eigenvalue weighted by atomic mass is 9.82. The maximum absolute atomic E-state index is 13.5. The van der Waals surface area contributed by atoms with Crippen LogP contribution in [0.5, 0.6) is 0 Å². The van der Waals surface area contributed by atoms with E-state index in [0.717, 1.165) is 43.7 Å². The summed E-state index contributed by atoms with van der Waals surface area (Å²) >= 11 is 0. The first-order valence-corrected chi connectivity index (χ1v) is 12.7. The van der Waals surface area contributed by atoms with Crippen LogP contribution in [0.4, 0.5) is 13.2 Å². The lowest BCUT2D eigenvalue weighted by molar-refractivity contribution is 0.0164. The van der Waals surface area contributed by atoms with Gasteiger partial charge < -0.3 is 4.74 Å². The Hall–Kier alpha value is -2.17. The summed E-state index contributed by atoms with van der Waals surface area (Å²) in [6.45, 7) is -1.53. The molecule has 1 fully saturated rings. The van der Waals surface area contributed by atoms with Crippen LogP contribution in [0.3, 0.4) is 0 Å². The average Bonchev–Trinajstić information content (AvgIpc) is 2.75. The predicted molar refractivity (Wildman–Crippen MR) is 120 cm³/mol. The van der Waals surface area contributed by atoms with Gasteiger partial charge in [0.05, 0.1) is 19.0 Å². The molecule has 1 saturated carbocycles. The number of benzene rings is 1. The zero-order valence-corrected chi connectivity index (χ0v) is 19.5. The van der Waals surface area contributed by atoms with Crippen LogP contribution in [-0.2, 0) is 14.8 Å². The van der Waals surface area contributed by atoms with Crippen LogP contribution in [-0.4, -0.2) is 38.5 Å². The molecule has 1 aliphatic rings. The Morgan fingerprint density at radius 2 is 1.88 bits per heavy atom. The summed E-state index contributed by atoms with van der Waals surface area (Å²) in [6, 6.07) is 8.06. The number of aromatic nitrogens is 1. The van der Waals surface area contributed by atoms with Crippen molar-refractivity contribution in [3.63, 3.8) is 0 Å². The molecular weight excluding hydrogens is 457 g/mol. The minimum Gasteiger partial charge on any atom is -0.378 e. The van der Waals surface area contributed by atoms with Crippen molar-refractivity contribution >= 4 is 10.0 Å². The number of sulfonamides is 1. The zero-order valence-electron chi connectivity index (χ0n) is 18.6. The van der Waals surface area contributed by atoms with E-state index in [2.05, 4.69) is 4.72 Å². The number of nitrogens with zero attached hydrogens (tertiary/aromatic N) is 1. The van der Waals surface area contributed by atoms with Crippen molar-refractivity contribution in [3.05, 3.63) is 69.4 Å². The Morgan fingerprint density at radius 1 is 1.18 bits per heavy atom. The molecule has 0 unspecified atom stereocenters. The third kappa shape index (κ3) is 7.15. The summed E-state index contributed by atoms with van der Waals surface area (Å²) in [4.78, 5) is 12.6. The number of pyridine rings is 1. The second-order valence-corrected chi connectivity index (χ2v) is 10.5. The minimum absolute atomic E-state index is 0.0136. The molecule has 1 N–H and O–H groups in total. The van der Waals surface area contributed by atoms with Gasteiger partial charge >= 0.3 is 6.55 Å². The standard InChI is InChI=1S/C23H29F3N2O4S/c1-15-10-21(22(29)28(13-15)23(25)26)18(12-27-33(2,30)31)14-32-20-8-6-16(7-9-20)17-4-3-5-19(24)11-17/h3-5,10-11,13,16,18,20,23,27H,6-9,12,14H2,1-2H3/t16?,18-,20?/m1/s1. The molecule has 0 radical (unpaired) electrons. The molecule has 2 aromatic rings. The van der Waals surface area contributed by atoms with Gasteiger partial charge in [-0.1, -0.05) is 12.1 Å². The number of halogens is 3. The zero-order chi connectivity index (χ0) is 24.2. The molecule has 0 aliphatic heterocycles. The normalized spacial score (nSPS) is 20.2. The van der Waals surface area contributed by atoms with Crippen LogP contribution in [0, 0.1) is 12.7 Å². The van der Waals surface area contributed by atoms with E-state index in [4.69, 9.17) is 4.74 Å². The molecule has 1 heterocycles. The third-order valence-corrected chi connectivity index (χ3v) is 6.67. The lowest BCUT2D eigenvalue weighted by Crippen LogP contribution is -2.35. The summed E-state index contributed by atoms with van der Waals surface area (Å²) in [6.07, 6.45) is 5.02. The van der Waals surface area contributed by atoms with Gasteiger partial charge in [0.2, 0.25) is 10.0 Å². The van der Waals surface area contributed by atoms with Crippen molar-refractivity contribution in [3.8, 4) is 0 Å². The van der Waals surface area contributed by atoms with Gasteiger partial charge in [-0.2, -0.15) is 8.78 Å². The van der Waals surface area contributed by atoms with Crippen LogP contribution >= 0.6 is 0 Å². The Labute approximate surface area is 191 Å². The van der Waals surface area contributed by atoms with Gasteiger partial charge in [0.15, 0.2) is 0 Å². The van der Waals surface area contributed by atoms with E-state index in [9.17, 15) is 26.4 Å². The molecule has 182 valence electrons. The van der Waals surface area contributed by atoms with Crippen molar-refractivity contribution in [2.75, 3.05) is 19.4 Å². The molecule has 1 aliphatic carbocycles. The fourth-order valence-electron chi connectivity index (χ4n) is 4.30. The summed E-state index contributed by atoms with van der Waals surface area (Å²) < 4.78 is 72.1. The molecule has 0 bridgehead atoms. The SMILES string of the molecule is Cc1cc([C@H](CNS(C)(=O)=O)COC2CCC(c3cccc(F)c3)CC2)c(=O)n(C(F)F)c1. The summed E-state index contributed by atoms with van der Waals surface area (Å²) in [7, 11) is -3.55. The Kier molecular flexibility index (Phi) is 8.36. The van der Waals surface area contributed by atoms with E-state index in [0.29, 0.717) is 10.1 Å². The van der Waals surface area contributed by atoms with E-state index in [1.54, 1.807) is 19.1 Å². The molecule has 1 atom stereocenters. The summed E-state index contributed by atoms with van der Waals surface area (Å²) in [5.41, 5.74) is 0.634. The van der Waals surface area contributed by atoms with Crippen LogP contribution in [0.1, 0.15) is 60.8 Å². The number of rotatable bonds is 9. The number of aryl methyl sites for hydroxylation is 1. The quantitative estimate of drug-likeness (QED) is 0.580. The highest BCUT2D eigenvalue weighted by molar-refractivity contribution is 7.88. The number of hydrogen-bond donors (Lipinski definition) is 1. The van der Waals surface area contributed by atoms with Crippen molar-refractivity contribution < 1.29 is 26.3 Å². The fourth-order valence-corrected chi connectivity index (χ4v) is 4.80. The highest BCUT2D eigenvalue weighted by Crippen LogP contribution is 2.34. The smallest absolute Gasteiger partial charge is 0.321 e. The first-order chi connectivity index (χ1) is 15.5. The van der Waals surface area contributed by atoms with E-state index in [-0.39, 0.29) is 36.6 Å². The molecule has 1 aromatic carbocycles. The molecule has 0 saturated heterocycles. The molecule has 0 spiro atoms. The van der Waals surface area contributed by atoms with Gasteiger partial charge in [-0.15, -0.1) is 0 Å². The van der Waals surface area contributed by atoms with E-state index < -0.39 is 28.0 Å². The van der Waals surface area contributed by atoms with E-state index in [1.807, 2.05) is 6.07 Å². The maximum atomic E-state index is 13.5. The number of nitrogens with one attached hydrogen (secondary N) is 1. The number of hydrogen-bond acceptors (Lipinski definition) is 4. The predicted octanol–water partition coefficient (Wildman–Crippen LogP) is 4.07. The largest absolute Gasteiger partial charge is 0.378 e. The van der Waals surface area contributed by atoms with Crippen molar-refractivity contribution in [1.82, 2.24) is 9.29 Å². The van der Waals surface area contributed by atoms with E-state index in [1.165, 1.54) is 12.1 Å². The molecule has 3 rings (SSSR count). The Bertz CT molecular complexity index is 1110. The highest BCUT2D eigenvalue weighted by Gasteiger charge is 2.26. The van der Waals surface area contributed by atoms with Gasteiger partial charge in [-0.3, -0.25) is 9.36 Å². The highest BCUT2D eigenvalue weighted by atomic mass is 32.2. The van der Waals surface area contributed by atoms with Crippen LogP contribution < -0.4 is 10.3 Å². The van der Waals surface area contributed by atoms with Crippen molar-refractivity contribution in [2.24, 2.45) is 0 Å². The lowest BCUT2D eigenvalue weighted by Gasteiger charge is -2.30. The third-order valence-electron chi connectivity index (χ3n) is 5.98. The van der Waals surface area contributed by atoms with Gasteiger partial charge in [0, 0.05) is 24.2 Å². The maximum Gasteiger partial charge on any atom is 0.321 e. The minimum atomic E-state index is -3.55. The van der Waals surface area contributed by atoms with Gasteiger partial charge in [0.1, 0.15) is 5.82 Å². The van der Waals surface area contributed by atoms with Crippen LogP contribution in [0.25, 0.3) is 0 Å². The topological polar surface area (TPSA) is 77.4 Å². The first kappa shape index (κ1) is 25.5. The Balaban J connectivity index is 1.70. The first-order valence-electron chi connectivity index (χ1n) is 10.9. The van der Waals surface area contributed by atoms with E-state index >= 15 is 0 Å². The molecular formula is C23H29F3N2O4S. The summed E-state index contributed by atoms with van der Waals surface area (Å²) in [5, 5.41) is 0.